The average Bonchev–Trinajstić information content (AvgIpc) is 3.56. The number of carbonyl (C=O) groups excluding carboxylic acids is 2. The van der Waals surface area contributed by atoms with E-state index in [1.54, 1.807) is 35.4 Å². The van der Waals surface area contributed by atoms with Crippen LogP contribution >= 0.6 is 11.6 Å². The normalized spacial score (nSPS) is 16.6. The number of aromatic nitrogens is 3. The minimum Gasteiger partial charge on any atom is -0.339 e. The van der Waals surface area contributed by atoms with Crippen molar-refractivity contribution in [2.24, 2.45) is 0 Å². The van der Waals surface area contributed by atoms with E-state index < -0.39 is 28.2 Å². The molecule has 4 aromatic rings. The molecule has 2 amide bonds. The summed E-state index contributed by atoms with van der Waals surface area (Å²) in [6, 6.07) is 14.2. The molecule has 42 heavy (non-hydrogen) atoms. The zero-order valence-electron chi connectivity index (χ0n) is 21.9. The van der Waals surface area contributed by atoms with Crippen molar-refractivity contribution in [3.8, 4) is 16.9 Å². The molecule has 8 nitrogen and oxygen atoms in total. The lowest BCUT2D eigenvalue weighted by Crippen LogP contribution is -2.57. The van der Waals surface area contributed by atoms with Crippen molar-refractivity contribution in [1.29, 1.82) is 0 Å². The second-order valence-corrected chi connectivity index (χ2v) is 10.5. The summed E-state index contributed by atoms with van der Waals surface area (Å²) in [5.74, 6) is -0.972. The molecule has 0 unspecified atom stereocenters. The van der Waals surface area contributed by atoms with Crippen LogP contribution in [0, 0.1) is 5.82 Å². The van der Waals surface area contributed by atoms with Crippen molar-refractivity contribution in [3.63, 3.8) is 0 Å². The molecular formula is C29H23ClF4N6O2. The number of hydrogen-bond donors (Lipinski definition) is 1. The third-order valence-corrected chi connectivity index (χ3v) is 8.07. The Morgan fingerprint density at radius 1 is 1.00 bits per heavy atom. The average molecular weight is 599 g/mol. The van der Waals surface area contributed by atoms with Gasteiger partial charge in [-0.1, -0.05) is 11.6 Å². The van der Waals surface area contributed by atoms with E-state index in [2.05, 4.69) is 15.4 Å². The Morgan fingerprint density at radius 3 is 2.38 bits per heavy atom. The Labute approximate surface area is 242 Å². The van der Waals surface area contributed by atoms with Crippen LogP contribution in [0.5, 0.6) is 0 Å². The van der Waals surface area contributed by atoms with Gasteiger partial charge >= 0.3 is 6.18 Å². The number of nitrogens with one attached hydrogen (secondary N) is 1. The fourth-order valence-electron chi connectivity index (χ4n) is 5.55. The van der Waals surface area contributed by atoms with Gasteiger partial charge in [0.15, 0.2) is 5.69 Å². The summed E-state index contributed by atoms with van der Waals surface area (Å²) >= 11 is 5.83. The second-order valence-electron chi connectivity index (χ2n) is 10.1. The summed E-state index contributed by atoms with van der Waals surface area (Å²) in [7, 11) is 0. The molecule has 0 atom stereocenters. The molecule has 2 saturated heterocycles. The van der Waals surface area contributed by atoms with Gasteiger partial charge in [-0.2, -0.15) is 18.3 Å². The van der Waals surface area contributed by atoms with Crippen LogP contribution in [-0.4, -0.2) is 56.8 Å². The molecule has 2 aliphatic heterocycles. The van der Waals surface area contributed by atoms with Crippen LogP contribution in [0.3, 0.4) is 0 Å². The lowest BCUT2D eigenvalue weighted by atomic mass is 9.85. The van der Waals surface area contributed by atoms with E-state index in [1.807, 2.05) is 4.90 Å². The molecule has 2 aliphatic rings. The maximum atomic E-state index is 13.7. The molecule has 0 bridgehead atoms. The van der Waals surface area contributed by atoms with Crippen LogP contribution < -0.4 is 10.2 Å². The topological polar surface area (TPSA) is 83.4 Å². The van der Waals surface area contributed by atoms with Gasteiger partial charge in [0.2, 0.25) is 5.91 Å². The minimum absolute atomic E-state index is 0.0274. The number of amides is 2. The second kappa shape index (κ2) is 10.4. The Hall–Kier alpha value is -4.45. The van der Waals surface area contributed by atoms with Gasteiger partial charge in [0.25, 0.3) is 5.91 Å². The van der Waals surface area contributed by atoms with E-state index in [1.165, 1.54) is 35.1 Å². The van der Waals surface area contributed by atoms with E-state index >= 15 is 0 Å². The fourth-order valence-corrected chi connectivity index (χ4v) is 5.78. The van der Waals surface area contributed by atoms with E-state index in [0.29, 0.717) is 29.8 Å². The highest BCUT2D eigenvalue weighted by Crippen LogP contribution is 2.38. The summed E-state index contributed by atoms with van der Waals surface area (Å²) in [5, 5.41) is 6.83. The van der Waals surface area contributed by atoms with Crippen molar-refractivity contribution in [3.05, 3.63) is 95.2 Å². The fraction of sp³-hybridized carbons (Fsp3) is 0.241. The maximum Gasteiger partial charge on any atom is 0.417 e. The maximum absolute atomic E-state index is 13.7. The molecular weight excluding hydrogens is 576 g/mol. The first kappa shape index (κ1) is 27.7. The van der Waals surface area contributed by atoms with Gasteiger partial charge in [0.1, 0.15) is 11.4 Å². The SMILES string of the molecule is O=C(c1cc(-c2cccnc2)n(-c2ccc(Cl)c(C(F)(F)F)c2)n1)N1CCC2(CC1)C(=O)NCN2c1ccc(F)cc1. The third-order valence-electron chi connectivity index (χ3n) is 7.74. The van der Waals surface area contributed by atoms with Gasteiger partial charge in [-0.25, -0.2) is 9.07 Å². The zero-order valence-corrected chi connectivity index (χ0v) is 22.7. The zero-order chi connectivity index (χ0) is 29.6. The van der Waals surface area contributed by atoms with Gasteiger partial charge in [0.05, 0.1) is 28.6 Å². The number of benzene rings is 2. The molecule has 0 radical (unpaired) electrons. The molecule has 1 spiro atoms. The number of pyridine rings is 1. The summed E-state index contributed by atoms with van der Waals surface area (Å²) in [5.41, 5.74) is -0.221. The number of carbonyl (C=O) groups is 2. The number of hydrogen-bond acceptors (Lipinski definition) is 5. The standard InChI is InChI=1S/C29H23ClF4N6O2/c30-23-8-7-21(14-22(23)29(32,33)34)40-25(18-2-1-11-35-16-18)15-24(37-40)26(41)38-12-9-28(10-13-38)27(42)36-17-39(28)20-5-3-19(31)4-6-20/h1-8,11,14-16H,9-10,12-13,17H2,(H,36,42). The summed E-state index contributed by atoms with van der Waals surface area (Å²) in [4.78, 5) is 34.2. The van der Waals surface area contributed by atoms with Gasteiger partial charge < -0.3 is 15.1 Å². The predicted octanol–water partition coefficient (Wildman–Crippen LogP) is 5.31. The Bertz CT molecular complexity index is 1650. The number of nitrogens with zero attached hydrogens (tertiary/aromatic N) is 5. The monoisotopic (exact) mass is 598 g/mol. The van der Waals surface area contributed by atoms with E-state index in [4.69, 9.17) is 11.6 Å². The van der Waals surface area contributed by atoms with Gasteiger partial charge in [-0.05, 0) is 73.5 Å². The number of anilines is 1. The number of rotatable bonds is 4. The Morgan fingerprint density at radius 2 is 1.71 bits per heavy atom. The summed E-state index contributed by atoms with van der Waals surface area (Å²) < 4.78 is 55.6. The van der Waals surface area contributed by atoms with E-state index in [9.17, 15) is 27.2 Å². The molecule has 2 aromatic carbocycles. The van der Waals surface area contributed by atoms with Crippen molar-refractivity contribution < 1.29 is 27.2 Å². The number of halogens is 5. The third kappa shape index (κ3) is 4.85. The van der Waals surface area contributed by atoms with Crippen LogP contribution in [0.15, 0.2) is 73.1 Å². The first-order valence-corrected chi connectivity index (χ1v) is 13.4. The van der Waals surface area contributed by atoms with Crippen molar-refractivity contribution in [1.82, 2.24) is 25.0 Å². The first-order chi connectivity index (χ1) is 20.1. The van der Waals surface area contributed by atoms with Crippen molar-refractivity contribution >= 4 is 29.1 Å². The van der Waals surface area contributed by atoms with Gasteiger partial charge in [-0.3, -0.25) is 14.6 Å². The molecule has 0 aliphatic carbocycles. The predicted molar refractivity (Wildman–Crippen MR) is 147 cm³/mol. The highest BCUT2D eigenvalue weighted by Gasteiger charge is 2.51. The summed E-state index contributed by atoms with van der Waals surface area (Å²) in [6.45, 7) is 0.731. The molecule has 6 rings (SSSR count). The molecule has 4 heterocycles. The Kier molecular flexibility index (Phi) is 6.88. The van der Waals surface area contributed by atoms with Crippen molar-refractivity contribution in [2.75, 3.05) is 24.7 Å². The molecule has 2 aromatic heterocycles. The van der Waals surface area contributed by atoms with Crippen LogP contribution in [0.2, 0.25) is 5.02 Å². The van der Waals surface area contributed by atoms with E-state index in [0.717, 1.165) is 12.1 Å². The largest absolute Gasteiger partial charge is 0.417 e. The van der Waals surface area contributed by atoms with Gasteiger partial charge in [0, 0.05) is 36.7 Å². The lowest BCUT2D eigenvalue weighted by Gasteiger charge is -2.43. The number of likely N-dealkylation sites (tertiary alicyclic amines) is 1. The van der Waals surface area contributed by atoms with E-state index in [-0.39, 0.29) is 42.9 Å². The Balaban J connectivity index is 1.30. The molecule has 216 valence electrons. The molecule has 1 N–H and O–H groups in total. The quantitative estimate of drug-likeness (QED) is 0.322. The lowest BCUT2D eigenvalue weighted by molar-refractivity contribution is -0.137. The molecule has 13 heteroatoms. The molecule has 2 fully saturated rings. The number of piperidine rings is 1. The summed E-state index contributed by atoms with van der Waals surface area (Å²) in [6.07, 6.45) is -0.964. The van der Waals surface area contributed by atoms with Crippen LogP contribution in [0.25, 0.3) is 16.9 Å². The first-order valence-electron chi connectivity index (χ1n) is 13.1. The minimum atomic E-state index is -4.69. The van der Waals surface area contributed by atoms with Crippen LogP contribution in [-0.2, 0) is 11.0 Å². The van der Waals surface area contributed by atoms with Crippen LogP contribution in [0.1, 0.15) is 28.9 Å². The molecule has 0 saturated carbocycles. The smallest absolute Gasteiger partial charge is 0.339 e. The highest BCUT2D eigenvalue weighted by molar-refractivity contribution is 6.31. The van der Waals surface area contributed by atoms with Crippen molar-refractivity contribution in [2.45, 2.75) is 24.6 Å². The van der Waals surface area contributed by atoms with Gasteiger partial charge in [-0.15, -0.1) is 0 Å². The highest BCUT2D eigenvalue weighted by atomic mass is 35.5. The van der Waals surface area contributed by atoms with Crippen LogP contribution in [0.4, 0.5) is 23.2 Å². The number of alkyl halides is 3.